The molecule has 0 aromatic heterocycles. The fourth-order valence-corrected chi connectivity index (χ4v) is 2.15. The Morgan fingerprint density at radius 3 is 2.95 bits per heavy atom. The first-order chi connectivity index (χ1) is 10.3. The highest BCUT2D eigenvalue weighted by Crippen LogP contribution is 2.34. The highest BCUT2D eigenvalue weighted by Gasteiger charge is 2.24. The predicted molar refractivity (Wildman–Crippen MR) is 76.2 cm³/mol. The van der Waals surface area contributed by atoms with Gasteiger partial charge in [0.1, 0.15) is 12.4 Å². The molecule has 1 N–H and O–H groups in total. The van der Waals surface area contributed by atoms with Gasteiger partial charge in [0.05, 0.1) is 6.54 Å². The Kier molecular flexibility index (Phi) is 4.15. The molecule has 0 saturated heterocycles. The van der Waals surface area contributed by atoms with Crippen LogP contribution in [0.25, 0.3) is 0 Å². The molecule has 110 valence electrons. The summed E-state index contributed by atoms with van der Waals surface area (Å²) in [6, 6.07) is 5.40. The van der Waals surface area contributed by atoms with Gasteiger partial charge in [-0.1, -0.05) is 18.3 Å². The minimum atomic E-state index is 0.118. The molecule has 1 aromatic rings. The highest BCUT2D eigenvalue weighted by molar-refractivity contribution is 5.79. The molecular formula is C16H17NO4. The first-order valence-corrected chi connectivity index (χ1v) is 7.09. The first-order valence-electron chi connectivity index (χ1n) is 7.09. The van der Waals surface area contributed by atoms with E-state index in [1.54, 1.807) is 6.07 Å². The smallest absolute Gasteiger partial charge is 0.231 e. The third kappa shape index (κ3) is 3.40. The van der Waals surface area contributed by atoms with Crippen molar-refractivity contribution in [3.63, 3.8) is 0 Å². The molecule has 0 unspecified atom stereocenters. The molecule has 2 aliphatic rings. The van der Waals surface area contributed by atoms with Gasteiger partial charge in [-0.05, 0) is 25.0 Å². The Hall–Kier alpha value is -2.35. The van der Waals surface area contributed by atoms with E-state index < -0.39 is 0 Å². The SMILES string of the molecule is O=C(NCC#CCOc1ccc2c(c1)OCO2)C1CCC1. The number of nitrogens with one attached hydrogen (secondary N) is 1. The normalized spacial score (nSPS) is 15.6. The maximum atomic E-state index is 11.6. The molecule has 1 fully saturated rings. The van der Waals surface area contributed by atoms with E-state index in [0.717, 1.165) is 25.0 Å². The number of carbonyl (C=O) groups excluding carboxylic acids is 1. The summed E-state index contributed by atoms with van der Waals surface area (Å²) in [6.07, 6.45) is 3.17. The number of hydrogen-bond acceptors (Lipinski definition) is 4. The van der Waals surface area contributed by atoms with Crippen molar-refractivity contribution in [2.24, 2.45) is 5.92 Å². The number of carbonyl (C=O) groups is 1. The van der Waals surface area contributed by atoms with E-state index in [9.17, 15) is 4.79 Å². The molecule has 1 aliphatic carbocycles. The van der Waals surface area contributed by atoms with Gasteiger partial charge in [0.15, 0.2) is 11.5 Å². The second-order valence-corrected chi connectivity index (χ2v) is 5.00. The van der Waals surface area contributed by atoms with Gasteiger partial charge in [0.25, 0.3) is 0 Å². The zero-order valence-electron chi connectivity index (χ0n) is 11.7. The standard InChI is InChI=1S/C16H17NO4/c18-16(12-4-3-5-12)17-8-1-2-9-19-13-6-7-14-15(10-13)21-11-20-14/h6-7,10,12H,3-5,8-9,11H2,(H,17,18). The third-order valence-electron chi connectivity index (χ3n) is 3.61. The quantitative estimate of drug-likeness (QED) is 0.857. The molecule has 0 bridgehead atoms. The molecule has 1 aliphatic heterocycles. The number of benzene rings is 1. The van der Waals surface area contributed by atoms with Gasteiger partial charge >= 0.3 is 0 Å². The van der Waals surface area contributed by atoms with Crippen LogP contribution in [-0.2, 0) is 4.79 Å². The van der Waals surface area contributed by atoms with Crippen LogP contribution in [-0.4, -0.2) is 25.9 Å². The summed E-state index contributed by atoms with van der Waals surface area (Å²) in [4.78, 5) is 11.6. The first kappa shape index (κ1) is 13.6. The van der Waals surface area contributed by atoms with Crippen molar-refractivity contribution >= 4 is 5.91 Å². The molecule has 0 atom stereocenters. The Morgan fingerprint density at radius 2 is 2.14 bits per heavy atom. The molecule has 1 heterocycles. The second kappa shape index (κ2) is 6.40. The van der Waals surface area contributed by atoms with E-state index in [-0.39, 0.29) is 25.2 Å². The summed E-state index contributed by atoms with van der Waals surface area (Å²) in [5.41, 5.74) is 0. The lowest BCUT2D eigenvalue weighted by Crippen LogP contribution is -2.34. The molecule has 1 aromatic carbocycles. The van der Waals surface area contributed by atoms with Gasteiger partial charge in [-0.3, -0.25) is 4.79 Å². The number of fused-ring (bicyclic) bond motifs is 1. The van der Waals surface area contributed by atoms with E-state index in [4.69, 9.17) is 14.2 Å². The van der Waals surface area contributed by atoms with Crippen LogP contribution in [0.3, 0.4) is 0 Å². The summed E-state index contributed by atoms with van der Waals surface area (Å²) in [6.45, 7) is 0.901. The van der Waals surface area contributed by atoms with E-state index in [1.165, 1.54) is 0 Å². The van der Waals surface area contributed by atoms with Crippen LogP contribution >= 0.6 is 0 Å². The van der Waals surface area contributed by atoms with E-state index in [2.05, 4.69) is 17.2 Å². The number of ether oxygens (including phenoxy) is 3. The Balaban J connectivity index is 1.38. The van der Waals surface area contributed by atoms with Gasteiger partial charge in [-0.15, -0.1) is 0 Å². The van der Waals surface area contributed by atoms with Crippen molar-refractivity contribution in [3.8, 4) is 29.1 Å². The van der Waals surface area contributed by atoms with Crippen molar-refractivity contribution in [2.45, 2.75) is 19.3 Å². The van der Waals surface area contributed by atoms with Gasteiger partial charge in [0, 0.05) is 12.0 Å². The monoisotopic (exact) mass is 287 g/mol. The Labute approximate surface area is 123 Å². The van der Waals surface area contributed by atoms with Crippen LogP contribution in [0.15, 0.2) is 18.2 Å². The Morgan fingerprint density at radius 1 is 1.29 bits per heavy atom. The Bertz CT molecular complexity index is 584. The largest absolute Gasteiger partial charge is 0.481 e. The molecule has 21 heavy (non-hydrogen) atoms. The lowest BCUT2D eigenvalue weighted by molar-refractivity contribution is -0.127. The van der Waals surface area contributed by atoms with E-state index in [0.29, 0.717) is 18.0 Å². The van der Waals surface area contributed by atoms with Crippen LogP contribution in [0, 0.1) is 17.8 Å². The predicted octanol–water partition coefficient (Wildman–Crippen LogP) is 1.71. The van der Waals surface area contributed by atoms with Crippen molar-refractivity contribution < 1.29 is 19.0 Å². The minimum absolute atomic E-state index is 0.118. The van der Waals surface area contributed by atoms with Crippen LogP contribution in [0.2, 0.25) is 0 Å². The summed E-state index contributed by atoms with van der Waals surface area (Å²) in [5.74, 6) is 8.18. The van der Waals surface area contributed by atoms with Gasteiger partial charge in [-0.25, -0.2) is 0 Å². The lowest BCUT2D eigenvalue weighted by atomic mass is 9.85. The van der Waals surface area contributed by atoms with E-state index >= 15 is 0 Å². The maximum Gasteiger partial charge on any atom is 0.231 e. The van der Waals surface area contributed by atoms with Crippen molar-refractivity contribution in [1.82, 2.24) is 5.32 Å². The molecule has 5 nitrogen and oxygen atoms in total. The lowest BCUT2D eigenvalue weighted by Gasteiger charge is -2.23. The fourth-order valence-electron chi connectivity index (χ4n) is 2.15. The average molecular weight is 287 g/mol. The zero-order valence-corrected chi connectivity index (χ0v) is 11.7. The average Bonchev–Trinajstić information content (AvgIpc) is 2.88. The molecule has 1 saturated carbocycles. The minimum Gasteiger partial charge on any atom is -0.481 e. The van der Waals surface area contributed by atoms with Gasteiger partial charge < -0.3 is 19.5 Å². The molecule has 3 rings (SSSR count). The fraction of sp³-hybridized carbons (Fsp3) is 0.438. The molecule has 0 radical (unpaired) electrons. The number of amides is 1. The summed E-state index contributed by atoms with van der Waals surface area (Å²) < 4.78 is 16.0. The topological polar surface area (TPSA) is 56.8 Å². The van der Waals surface area contributed by atoms with Crippen molar-refractivity contribution in [1.29, 1.82) is 0 Å². The third-order valence-corrected chi connectivity index (χ3v) is 3.61. The molecule has 1 amide bonds. The van der Waals surface area contributed by atoms with Crippen LogP contribution in [0.1, 0.15) is 19.3 Å². The molecular weight excluding hydrogens is 270 g/mol. The van der Waals surface area contributed by atoms with Crippen molar-refractivity contribution in [3.05, 3.63) is 18.2 Å². The zero-order chi connectivity index (χ0) is 14.5. The van der Waals surface area contributed by atoms with Gasteiger partial charge in [-0.2, -0.15) is 0 Å². The van der Waals surface area contributed by atoms with Crippen molar-refractivity contribution in [2.75, 3.05) is 19.9 Å². The summed E-state index contributed by atoms with van der Waals surface area (Å²) in [5, 5.41) is 2.81. The molecule has 5 heteroatoms. The van der Waals surface area contributed by atoms with Crippen LogP contribution in [0.4, 0.5) is 0 Å². The van der Waals surface area contributed by atoms with Gasteiger partial charge in [0.2, 0.25) is 12.7 Å². The number of rotatable bonds is 4. The summed E-state index contributed by atoms with van der Waals surface area (Å²) >= 11 is 0. The molecule has 0 spiro atoms. The highest BCUT2D eigenvalue weighted by atomic mass is 16.7. The second-order valence-electron chi connectivity index (χ2n) is 5.00. The number of hydrogen-bond donors (Lipinski definition) is 1. The summed E-state index contributed by atoms with van der Waals surface area (Å²) in [7, 11) is 0. The van der Waals surface area contributed by atoms with Crippen LogP contribution in [0.5, 0.6) is 17.2 Å². The van der Waals surface area contributed by atoms with E-state index in [1.807, 2.05) is 12.1 Å². The maximum absolute atomic E-state index is 11.6. The van der Waals surface area contributed by atoms with Crippen LogP contribution < -0.4 is 19.5 Å².